The summed E-state index contributed by atoms with van der Waals surface area (Å²) in [7, 11) is 0. The standard InChI is InChI=1S/C20H16N4O3S2/c1-12-17(23-19(27-12)16-3-2-8-29-16)20(26)24-11-28-10-15(24)18(25)22-14-6-4-13(9-21)5-7-14/h2-8,15H,10-11H2,1H3,(H,22,25). The number of hydrogen-bond donors (Lipinski definition) is 1. The zero-order valence-corrected chi connectivity index (χ0v) is 17.0. The third-order valence-corrected chi connectivity index (χ3v) is 6.33. The average Bonchev–Trinajstić information content (AvgIpc) is 3.48. The molecule has 9 heteroatoms. The van der Waals surface area contributed by atoms with E-state index in [-0.39, 0.29) is 17.5 Å². The fraction of sp³-hybridized carbons (Fsp3) is 0.200. The largest absolute Gasteiger partial charge is 0.440 e. The van der Waals surface area contributed by atoms with E-state index >= 15 is 0 Å². The van der Waals surface area contributed by atoms with Gasteiger partial charge in [-0.25, -0.2) is 4.98 Å². The van der Waals surface area contributed by atoms with Crippen LogP contribution in [0.15, 0.2) is 46.2 Å². The van der Waals surface area contributed by atoms with Crippen LogP contribution in [0.25, 0.3) is 10.8 Å². The van der Waals surface area contributed by atoms with Crippen molar-refractivity contribution in [2.75, 3.05) is 16.9 Å². The Morgan fingerprint density at radius 1 is 1.31 bits per heavy atom. The number of thiophene rings is 1. The van der Waals surface area contributed by atoms with E-state index in [1.165, 1.54) is 28.0 Å². The first-order valence-electron chi connectivity index (χ1n) is 8.78. The van der Waals surface area contributed by atoms with Crippen LogP contribution in [0.2, 0.25) is 0 Å². The number of aromatic nitrogens is 1. The quantitative estimate of drug-likeness (QED) is 0.685. The number of nitriles is 1. The molecule has 1 unspecified atom stereocenters. The number of carbonyl (C=O) groups excluding carboxylic acids is 2. The van der Waals surface area contributed by atoms with Gasteiger partial charge in [0, 0.05) is 11.4 Å². The fourth-order valence-corrected chi connectivity index (χ4v) is 4.75. The molecule has 1 aliphatic rings. The molecule has 0 radical (unpaired) electrons. The molecule has 1 atom stereocenters. The number of anilines is 1. The Morgan fingerprint density at radius 3 is 2.79 bits per heavy atom. The lowest BCUT2D eigenvalue weighted by Gasteiger charge is -2.22. The van der Waals surface area contributed by atoms with Crippen LogP contribution in [0.1, 0.15) is 21.8 Å². The van der Waals surface area contributed by atoms with Crippen LogP contribution in [-0.2, 0) is 4.79 Å². The average molecular weight is 425 g/mol. The Morgan fingerprint density at radius 2 is 2.10 bits per heavy atom. The molecular weight excluding hydrogens is 408 g/mol. The van der Waals surface area contributed by atoms with E-state index in [9.17, 15) is 9.59 Å². The second kappa shape index (κ2) is 8.11. The molecule has 3 heterocycles. The Bertz CT molecular complexity index is 1080. The normalized spacial score (nSPS) is 15.9. The van der Waals surface area contributed by atoms with Crippen LogP contribution in [0.3, 0.4) is 0 Å². The number of nitrogens with zero attached hydrogens (tertiary/aromatic N) is 3. The Hall–Kier alpha value is -3.09. The zero-order valence-electron chi connectivity index (χ0n) is 15.4. The van der Waals surface area contributed by atoms with Gasteiger partial charge in [0.2, 0.25) is 11.8 Å². The minimum absolute atomic E-state index is 0.229. The molecule has 2 aromatic heterocycles. The van der Waals surface area contributed by atoms with Gasteiger partial charge in [0.1, 0.15) is 11.8 Å². The maximum Gasteiger partial charge on any atom is 0.277 e. The van der Waals surface area contributed by atoms with Crippen LogP contribution in [0.4, 0.5) is 5.69 Å². The van der Waals surface area contributed by atoms with Gasteiger partial charge in [-0.05, 0) is 42.6 Å². The predicted molar refractivity (Wildman–Crippen MR) is 112 cm³/mol. The van der Waals surface area contributed by atoms with Crippen molar-refractivity contribution in [1.82, 2.24) is 9.88 Å². The molecule has 2 amide bonds. The van der Waals surface area contributed by atoms with Crippen molar-refractivity contribution in [3.05, 3.63) is 58.8 Å². The van der Waals surface area contributed by atoms with Gasteiger partial charge in [-0.15, -0.1) is 23.1 Å². The Labute approximate surface area is 175 Å². The first-order chi connectivity index (χ1) is 14.1. The number of aryl methyl sites for hydroxylation is 1. The summed E-state index contributed by atoms with van der Waals surface area (Å²) >= 11 is 3.00. The monoisotopic (exact) mass is 424 g/mol. The highest BCUT2D eigenvalue weighted by atomic mass is 32.2. The minimum atomic E-state index is -0.607. The topological polar surface area (TPSA) is 99.2 Å². The summed E-state index contributed by atoms with van der Waals surface area (Å²) in [5.74, 6) is 1.16. The fourth-order valence-electron chi connectivity index (χ4n) is 2.95. The van der Waals surface area contributed by atoms with E-state index in [4.69, 9.17) is 9.68 Å². The lowest BCUT2D eigenvalue weighted by molar-refractivity contribution is -0.119. The SMILES string of the molecule is Cc1oc(-c2cccs2)nc1C(=O)N1CSCC1C(=O)Nc1ccc(C#N)cc1. The molecule has 0 aliphatic carbocycles. The van der Waals surface area contributed by atoms with Gasteiger partial charge in [0.15, 0.2) is 5.69 Å². The van der Waals surface area contributed by atoms with Gasteiger partial charge in [-0.2, -0.15) is 5.26 Å². The summed E-state index contributed by atoms with van der Waals surface area (Å²) in [5, 5.41) is 13.6. The summed E-state index contributed by atoms with van der Waals surface area (Å²) in [4.78, 5) is 32.6. The van der Waals surface area contributed by atoms with Crippen molar-refractivity contribution in [2.45, 2.75) is 13.0 Å². The first-order valence-corrected chi connectivity index (χ1v) is 10.8. The van der Waals surface area contributed by atoms with Gasteiger partial charge >= 0.3 is 0 Å². The molecule has 7 nitrogen and oxygen atoms in total. The second-order valence-corrected chi connectivity index (χ2v) is 8.32. The molecular formula is C20H16N4O3S2. The Balaban J connectivity index is 1.51. The van der Waals surface area contributed by atoms with E-state index in [0.29, 0.717) is 34.5 Å². The van der Waals surface area contributed by atoms with Crippen LogP contribution in [-0.4, -0.2) is 39.4 Å². The summed E-state index contributed by atoms with van der Waals surface area (Å²) in [6.07, 6.45) is 0. The van der Waals surface area contributed by atoms with Crippen molar-refractivity contribution in [2.24, 2.45) is 0 Å². The molecule has 1 aromatic carbocycles. The molecule has 1 saturated heterocycles. The maximum atomic E-state index is 13.1. The summed E-state index contributed by atoms with van der Waals surface area (Å²) < 4.78 is 5.67. The number of amides is 2. The molecule has 146 valence electrons. The van der Waals surface area contributed by atoms with Gasteiger partial charge in [-0.3, -0.25) is 9.59 Å². The van der Waals surface area contributed by atoms with Gasteiger partial charge in [-0.1, -0.05) is 6.07 Å². The van der Waals surface area contributed by atoms with E-state index in [1.54, 1.807) is 31.2 Å². The number of oxazole rings is 1. The highest BCUT2D eigenvalue weighted by molar-refractivity contribution is 7.99. The first kappa shape index (κ1) is 19.2. The second-order valence-electron chi connectivity index (χ2n) is 6.37. The molecule has 1 fully saturated rings. The molecule has 4 rings (SSSR count). The van der Waals surface area contributed by atoms with Crippen molar-refractivity contribution >= 4 is 40.6 Å². The van der Waals surface area contributed by atoms with Gasteiger partial charge < -0.3 is 14.6 Å². The summed E-state index contributed by atoms with van der Waals surface area (Å²) in [5.41, 5.74) is 1.32. The predicted octanol–water partition coefficient (Wildman–Crippen LogP) is 3.74. The highest BCUT2D eigenvalue weighted by Gasteiger charge is 2.37. The maximum absolute atomic E-state index is 13.1. The van der Waals surface area contributed by atoms with Crippen LogP contribution in [0, 0.1) is 18.3 Å². The number of nitrogens with one attached hydrogen (secondary N) is 1. The number of rotatable bonds is 4. The highest BCUT2D eigenvalue weighted by Crippen LogP contribution is 2.29. The minimum Gasteiger partial charge on any atom is -0.440 e. The molecule has 1 aliphatic heterocycles. The van der Waals surface area contributed by atoms with E-state index in [0.717, 1.165) is 4.88 Å². The summed E-state index contributed by atoms with van der Waals surface area (Å²) in [6.45, 7) is 1.70. The zero-order chi connectivity index (χ0) is 20.4. The van der Waals surface area contributed by atoms with Crippen LogP contribution in [0.5, 0.6) is 0 Å². The van der Waals surface area contributed by atoms with Gasteiger partial charge in [0.05, 0.1) is 22.4 Å². The number of hydrogen-bond acceptors (Lipinski definition) is 7. The van der Waals surface area contributed by atoms with Crippen molar-refractivity contribution in [3.8, 4) is 16.8 Å². The van der Waals surface area contributed by atoms with E-state index in [1.807, 2.05) is 23.6 Å². The molecule has 0 spiro atoms. The molecule has 3 aromatic rings. The molecule has 0 saturated carbocycles. The van der Waals surface area contributed by atoms with Crippen molar-refractivity contribution in [3.63, 3.8) is 0 Å². The van der Waals surface area contributed by atoms with Gasteiger partial charge in [0.25, 0.3) is 5.91 Å². The van der Waals surface area contributed by atoms with Crippen LogP contribution < -0.4 is 5.32 Å². The Kier molecular flexibility index (Phi) is 5.38. The summed E-state index contributed by atoms with van der Waals surface area (Å²) in [6, 6.07) is 11.8. The third kappa shape index (κ3) is 3.90. The van der Waals surface area contributed by atoms with Crippen LogP contribution >= 0.6 is 23.1 Å². The smallest absolute Gasteiger partial charge is 0.277 e. The lowest BCUT2D eigenvalue weighted by Crippen LogP contribution is -2.44. The molecule has 29 heavy (non-hydrogen) atoms. The third-order valence-electron chi connectivity index (χ3n) is 4.46. The van der Waals surface area contributed by atoms with Crippen molar-refractivity contribution in [1.29, 1.82) is 5.26 Å². The number of benzene rings is 1. The van der Waals surface area contributed by atoms with Crippen molar-refractivity contribution < 1.29 is 14.0 Å². The van der Waals surface area contributed by atoms with E-state index in [2.05, 4.69) is 10.3 Å². The van der Waals surface area contributed by atoms with E-state index < -0.39 is 6.04 Å². The molecule has 0 bridgehead atoms. The molecule has 1 N–H and O–H groups in total. The number of thioether (sulfide) groups is 1. The number of carbonyl (C=O) groups is 2. The lowest BCUT2D eigenvalue weighted by atomic mass is 10.2.